The maximum atomic E-state index is 6.08. The summed E-state index contributed by atoms with van der Waals surface area (Å²) in [7, 11) is 1.67. The van der Waals surface area contributed by atoms with Crippen LogP contribution in [-0.2, 0) is 14.2 Å². The molecule has 3 nitrogen and oxygen atoms in total. The fourth-order valence-corrected chi connectivity index (χ4v) is 3.08. The third-order valence-electron chi connectivity index (χ3n) is 4.33. The van der Waals surface area contributed by atoms with Crippen molar-refractivity contribution in [1.29, 1.82) is 0 Å². The summed E-state index contributed by atoms with van der Waals surface area (Å²) in [4.78, 5) is 0. The van der Waals surface area contributed by atoms with Crippen molar-refractivity contribution in [2.75, 3.05) is 20.5 Å². The summed E-state index contributed by atoms with van der Waals surface area (Å²) in [6.07, 6.45) is 16.8. The van der Waals surface area contributed by atoms with Crippen LogP contribution in [0, 0.1) is 0 Å². The number of ether oxygens (including phenoxy) is 3. The van der Waals surface area contributed by atoms with E-state index >= 15 is 0 Å². The highest BCUT2D eigenvalue weighted by Crippen LogP contribution is 2.23. The van der Waals surface area contributed by atoms with E-state index in [0.29, 0.717) is 19.0 Å². The Balaban J connectivity index is 1.75. The molecule has 1 aliphatic rings. The van der Waals surface area contributed by atoms with Crippen LogP contribution in [0.15, 0.2) is 0 Å². The molecule has 0 aromatic carbocycles. The number of methoxy groups -OCH3 is 1. The van der Waals surface area contributed by atoms with Gasteiger partial charge in [-0.15, -0.1) is 0 Å². The summed E-state index contributed by atoms with van der Waals surface area (Å²) in [6.45, 7) is 3.52. The van der Waals surface area contributed by atoms with Crippen LogP contribution < -0.4 is 0 Å². The van der Waals surface area contributed by atoms with E-state index in [2.05, 4.69) is 6.92 Å². The number of hydrogen-bond donors (Lipinski definition) is 0. The van der Waals surface area contributed by atoms with E-state index < -0.39 is 0 Å². The molecule has 21 heavy (non-hydrogen) atoms. The van der Waals surface area contributed by atoms with Crippen LogP contribution in [0.1, 0.15) is 84.0 Å². The molecule has 0 saturated heterocycles. The zero-order valence-electron chi connectivity index (χ0n) is 14.3. The molecule has 0 radical (unpaired) electrons. The van der Waals surface area contributed by atoms with E-state index in [0.717, 1.165) is 13.0 Å². The minimum atomic E-state index is 0.432. The van der Waals surface area contributed by atoms with Gasteiger partial charge < -0.3 is 14.2 Å². The maximum absolute atomic E-state index is 6.08. The molecule has 0 heterocycles. The van der Waals surface area contributed by atoms with Gasteiger partial charge in [0.25, 0.3) is 0 Å². The molecule has 3 heteroatoms. The first-order valence-electron chi connectivity index (χ1n) is 9.05. The first-order valence-corrected chi connectivity index (χ1v) is 9.05. The van der Waals surface area contributed by atoms with Crippen molar-refractivity contribution in [2.45, 2.75) is 96.2 Å². The topological polar surface area (TPSA) is 27.7 Å². The minimum absolute atomic E-state index is 0.432. The quantitative estimate of drug-likeness (QED) is 0.331. The summed E-state index contributed by atoms with van der Waals surface area (Å²) in [5.74, 6) is 0. The van der Waals surface area contributed by atoms with Gasteiger partial charge in [-0.25, -0.2) is 0 Å². The highest BCUT2D eigenvalue weighted by Gasteiger charge is 2.17. The van der Waals surface area contributed by atoms with Crippen molar-refractivity contribution in [1.82, 2.24) is 0 Å². The zero-order chi connectivity index (χ0) is 15.2. The second-order valence-corrected chi connectivity index (χ2v) is 6.43. The third kappa shape index (κ3) is 11.1. The van der Waals surface area contributed by atoms with E-state index in [1.807, 2.05) is 0 Å². The third-order valence-corrected chi connectivity index (χ3v) is 4.33. The smallest absolute Gasteiger partial charge is 0.146 e. The zero-order valence-corrected chi connectivity index (χ0v) is 14.3. The fraction of sp³-hybridized carbons (Fsp3) is 1.00. The van der Waals surface area contributed by atoms with Crippen molar-refractivity contribution < 1.29 is 14.2 Å². The van der Waals surface area contributed by atoms with Crippen molar-refractivity contribution in [2.24, 2.45) is 0 Å². The molecule has 0 aliphatic heterocycles. The molecule has 0 aromatic rings. The van der Waals surface area contributed by atoms with Crippen LogP contribution >= 0.6 is 0 Å². The first kappa shape index (κ1) is 18.9. The minimum Gasteiger partial charge on any atom is -0.375 e. The Labute approximate surface area is 131 Å². The number of unbranched alkanes of at least 4 members (excludes halogenated alkanes) is 6. The first-order chi connectivity index (χ1) is 10.3. The van der Waals surface area contributed by atoms with Gasteiger partial charge in [0.05, 0.1) is 12.2 Å². The summed E-state index contributed by atoms with van der Waals surface area (Å²) >= 11 is 0. The Morgan fingerprint density at radius 2 is 1.52 bits per heavy atom. The molecule has 1 unspecified atom stereocenters. The van der Waals surface area contributed by atoms with Gasteiger partial charge in [0.15, 0.2) is 0 Å². The van der Waals surface area contributed by atoms with E-state index in [9.17, 15) is 0 Å². The lowest BCUT2D eigenvalue weighted by atomic mass is 10.1. The Kier molecular flexibility index (Phi) is 12.2. The summed E-state index contributed by atoms with van der Waals surface area (Å²) in [5, 5.41) is 0. The Morgan fingerprint density at radius 3 is 2.19 bits per heavy atom. The monoisotopic (exact) mass is 300 g/mol. The fourth-order valence-electron chi connectivity index (χ4n) is 3.08. The van der Waals surface area contributed by atoms with Crippen molar-refractivity contribution in [3.63, 3.8) is 0 Å². The molecule has 1 saturated carbocycles. The predicted octanol–water partition coefficient (Wildman–Crippen LogP) is 5.08. The molecule has 0 amide bonds. The van der Waals surface area contributed by atoms with Gasteiger partial charge in [-0.2, -0.15) is 0 Å². The largest absolute Gasteiger partial charge is 0.375 e. The summed E-state index contributed by atoms with van der Waals surface area (Å²) < 4.78 is 16.2. The van der Waals surface area contributed by atoms with Crippen LogP contribution in [0.4, 0.5) is 0 Å². The van der Waals surface area contributed by atoms with E-state index in [4.69, 9.17) is 14.2 Å². The van der Waals surface area contributed by atoms with Crippen molar-refractivity contribution >= 4 is 0 Å². The Morgan fingerprint density at radius 1 is 0.905 bits per heavy atom. The van der Waals surface area contributed by atoms with E-state index in [1.54, 1.807) is 7.11 Å². The van der Waals surface area contributed by atoms with Crippen LogP contribution in [0.2, 0.25) is 0 Å². The highest BCUT2D eigenvalue weighted by atomic mass is 16.7. The molecule has 1 atom stereocenters. The second-order valence-electron chi connectivity index (χ2n) is 6.43. The molecule has 0 N–H and O–H groups in total. The van der Waals surface area contributed by atoms with E-state index in [1.165, 1.54) is 70.6 Å². The Bertz CT molecular complexity index is 215. The standard InChI is InChI=1S/C18H36O3/c1-17(21-18-13-9-10-14-18)12-8-6-4-3-5-7-11-15-20-16-19-2/h17-18H,3-16H2,1-2H3. The molecule has 1 aliphatic carbocycles. The van der Waals surface area contributed by atoms with Crippen molar-refractivity contribution in [3.05, 3.63) is 0 Å². The average Bonchev–Trinajstić information content (AvgIpc) is 2.97. The lowest BCUT2D eigenvalue weighted by Gasteiger charge is -2.18. The molecular formula is C18H36O3. The SMILES string of the molecule is COCOCCCCCCCCCC(C)OC1CCCC1. The highest BCUT2D eigenvalue weighted by molar-refractivity contribution is 4.68. The van der Waals surface area contributed by atoms with Gasteiger partial charge in [-0.05, 0) is 32.6 Å². The van der Waals surface area contributed by atoms with Gasteiger partial charge in [-0.1, -0.05) is 51.4 Å². The molecule has 1 rings (SSSR count). The van der Waals surface area contributed by atoms with Gasteiger partial charge in [0.1, 0.15) is 6.79 Å². The summed E-state index contributed by atoms with van der Waals surface area (Å²) in [6, 6.07) is 0. The molecule has 1 fully saturated rings. The van der Waals surface area contributed by atoms with Gasteiger partial charge in [-0.3, -0.25) is 0 Å². The number of hydrogen-bond acceptors (Lipinski definition) is 3. The van der Waals surface area contributed by atoms with Gasteiger partial charge in [0, 0.05) is 13.7 Å². The number of rotatable bonds is 14. The molecule has 0 spiro atoms. The van der Waals surface area contributed by atoms with Crippen LogP contribution in [0.5, 0.6) is 0 Å². The van der Waals surface area contributed by atoms with Crippen LogP contribution in [0.25, 0.3) is 0 Å². The summed E-state index contributed by atoms with van der Waals surface area (Å²) in [5.41, 5.74) is 0. The average molecular weight is 300 g/mol. The van der Waals surface area contributed by atoms with Crippen LogP contribution in [-0.4, -0.2) is 32.7 Å². The lowest BCUT2D eigenvalue weighted by molar-refractivity contribution is -0.0315. The predicted molar refractivity (Wildman–Crippen MR) is 87.6 cm³/mol. The maximum Gasteiger partial charge on any atom is 0.146 e. The molecule has 0 aromatic heterocycles. The molecule has 0 bridgehead atoms. The molecule has 126 valence electrons. The Hall–Kier alpha value is -0.120. The van der Waals surface area contributed by atoms with Crippen LogP contribution in [0.3, 0.4) is 0 Å². The lowest BCUT2D eigenvalue weighted by Crippen LogP contribution is -2.16. The normalized spacial score (nSPS) is 17.4. The van der Waals surface area contributed by atoms with E-state index in [-0.39, 0.29) is 0 Å². The second kappa shape index (κ2) is 13.5. The van der Waals surface area contributed by atoms with Gasteiger partial charge >= 0.3 is 0 Å². The van der Waals surface area contributed by atoms with Crippen molar-refractivity contribution in [3.8, 4) is 0 Å². The molecular weight excluding hydrogens is 264 g/mol. The van der Waals surface area contributed by atoms with Gasteiger partial charge in [0.2, 0.25) is 0 Å².